The second-order valence-corrected chi connectivity index (χ2v) is 5.43. The Bertz CT molecular complexity index is 677. The fraction of sp³-hybridized carbons (Fsp3) is 0.375. The first-order valence-corrected chi connectivity index (χ1v) is 7.51. The Morgan fingerprint density at radius 3 is 2.57 bits per heavy atom. The number of benzene rings is 1. The average molecular weight is 317 g/mol. The second-order valence-electron chi connectivity index (χ2n) is 5.43. The van der Waals surface area contributed by atoms with Gasteiger partial charge in [-0.3, -0.25) is 15.0 Å². The minimum absolute atomic E-state index is 0.201. The van der Waals surface area contributed by atoms with Gasteiger partial charge in [-0.15, -0.1) is 0 Å². The SMILES string of the molecule is COc1ccccc1N1CCN(Cc2ccc([N+](=O)[O-])o2)CC1. The van der Waals surface area contributed by atoms with Crippen LogP contribution >= 0.6 is 0 Å². The maximum Gasteiger partial charge on any atom is 0.433 e. The van der Waals surface area contributed by atoms with Crippen LogP contribution in [-0.2, 0) is 6.54 Å². The van der Waals surface area contributed by atoms with Crippen molar-refractivity contribution in [3.05, 3.63) is 52.3 Å². The molecule has 1 fully saturated rings. The lowest BCUT2D eigenvalue weighted by Crippen LogP contribution is -2.46. The van der Waals surface area contributed by atoms with Gasteiger partial charge in [-0.25, -0.2) is 0 Å². The summed E-state index contributed by atoms with van der Waals surface area (Å²) < 4.78 is 10.6. The summed E-state index contributed by atoms with van der Waals surface area (Å²) in [5.41, 5.74) is 1.10. The Morgan fingerprint density at radius 1 is 1.17 bits per heavy atom. The molecule has 1 saturated heterocycles. The third kappa shape index (κ3) is 3.45. The molecule has 0 N–H and O–H groups in total. The Hall–Kier alpha value is -2.54. The fourth-order valence-electron chi connectivity index (χ4n) is 2.81. The zero-order chi connectivity index (χ0) is 16.2. The van der Waals surface area contributed by atoms with E-state index in [4.69, 9.17) is 9.15 Å². The molecule has 0 spiro atoms. The zero-order valence-electron chi connectivity index (χ0n) is 13.0. The number of nitrogens with zero attached hydrogens (tertiary/aromatic N) is 3. The van der Waals surface area contributed by atoms with Crippen LogP contribution in [0.1, 0.15) is 5.76 Å². The number of para-hydroxylation sites is 2. The summed E-state index contributed by atoms with van der Waals surface area (Å²) in [6.07, 6.45) is 0. The number of piperazine rings is 1. The fourth-order valence-corrected chi connectivity index (χ4v) is 2.81. The summed E-state index contributed by atoms with van der Waals surface area (Å²) in [5, 5.41) is 10.6. The maximum atomic E-state index is 10.6. The summed E-state index contributed by atoms with van der Waals surface area (Å²) in [6, 6.07) is 11.1. The van der Waals surface area contributed by atoms with Crippen LogP contribution in [0.3, 0.4) is 0 Å². The predicted molar refractivity (Wildman–Crippen MR) is 85.8 cm³/mol. The van der Waals surface area contributed by atoms with Crippen molar-refractivity contribution in [1.82, 2.24) is 4.90 Å². The van der Waals surface area contributed by atoms with E-state index in [1.165, 1.54) is 6.07 Å². The molecule has 23 heavy (non-hydrogen) atoms. The van der Waals surface area contributed by atoms with Crippen molar-refractivity contribution in [2.45, 2.75) is 6.54 Å². The highest BCUT2D eigenvalue weighted by Gasteiger charge is 2.21. The average Bonchev–Trinajstić information content (AvgIpc) is 3.04. The molecule has 0 bridgehead atoms. The topological polar surface area (TPSA) is 72.0 Å². The minimum Gasteiger partial charge on any atom is -0.495 e. The van der Waals surface area contributed by atoms with Crippen molar-refractivity contribution < 1.29 is 14.1 Å². The van der Waals surface area contributed by atoms with Gasteiger partial charge in [0.1, 0.15) is 16.4 Å². The normalized spacial score (nSPS) is 15.6. The first kappa shape index (κ1) is 15.4. The van der Waals surface area contributed by atoms with Crippen LogP contribution in [-0.4, -0.2) is 43.1 Å². The molecule has 2 aromatic rings. The molecule has 1 aliphatic rings. The molecule has 7 nitrogen and oxygen atoms in total. The molecule has 0 atom stereocenters. The third-order valence-electron chi connectivity index (χ3n) is 4.01. The lowest BCUT2D eigenvalue weighted by molar-refractivity contribution is -0.402. The molecular formula is C16H19N3O4. The van der Waals surface area contributed by atoms with E-state index in [-0.39, 0.29) is 5.88 Å². The highest BCUT2D eigenvalue weighted by Crippen LogP contribution is 2.28. The Labute approximate surface area is 134 Å². The first-order valence-electron chi connectivity index (χ1n) is 7.51. The summed E-state index contributed by atoms with van der Waals surface area (Å²) in [4.78, 5) is 14.7. The second kappa shape index (κ2) is 6.70. The van der Waals surface area contributed by atoms with Gasteiger partial charge >= 0.3 is 5.88 Å². The molecule has 0 aliphatic carbocycles. The number of nitro groups is 1. The monoisotopic (exact) mass is 317 g/mol. The van der Waals surface area contributed by atoms with Gasteiger partial charge in [0.15, 0.2) is 0 Å². The largest absolute Gasteiger partial charge is 0.495 e. The van der Waals surface area contributed by atoms with Gasteiger partial charge in [0.25, 0.3) is 0 Å². The number of rotatable bonds is 5. The standard InChI is InChI=1S/C16H19N3O4/c1-22-15-5-3-2-4-14(15)18-10-8-17(9-11-18)12-13-6-7-16(23-13)19(20)21/h2-7H,8-12H2,1H3. The first-order chi connectivity index (χ1) is 11.2. The summed E-state index contributed by atoms with van der Waals surface area (Å²) in [6.45, 7) is 4.08. The summed E-state index contributed by atoms with van der Waals surface area (Å²) >= 11 is 0. The van der Waals surface area contributed by atoms with E-state index in [2.05, 4.69) is 15.9 Å². The number of methoxy groups -OCH3 is 1. The van der Waals surface area contributed by atoms with E-state index in [0.717, 1.165) is 37.6 Å². The zero-order valence-corrected chi connectivity index (χ0v) is 13.0. The molecule has 1 aromatic heterocycles. The molecule has 0 amide bonds. The van der Waals surface area contributed by atoms with Crippen LogP contribution < -0.4 is 9.64 Å². The smallest absolute Gasteiger partial charge is 0.433 e. The molecule has 3 rings (SSSR count). The van der Waals surface area contributed by atoms with Gasteiger partial charge in [-0.2, -0.15) is 0 Å². The molecule has 1 aliphatic heterocycles. The van der Waals surface area contributed by atoms with Gasteiger partial charge in [-0.05, 0) is 18.2 Å². The van der Waals surface area contributed by atoms with E-state index < -0.39 is 4.92 Å². The van der Waals surface area contributed by atoms with E-state index in [0.29, 0.717) is 12.3 Å². The number of hydrogen-bond acceptors (Lipinski definition) is 6. The van der Waals surface area contributed by atoms with E-state index >= 15 is 0 Å². The van der Waals surface area contributed by atoms with Crippen LogP contribution in [0.4, 0.5) is 11.6 Å². The van der Waals surface area contributed by atoms with Crippen LogP contribution in [0.25, 0.3) is 0 Å². The van der Waals surface area contributed by atoms with Crippen molar-refractivity contribution in [2.75, 3.05) is 38.2 Å². The maximum absolute atomic E-state index is 10.6. The molecule has 7 heteroatoms. The van der Waals surface area contributed by atoms with Gasteiger partial charge in [0.2, 0.25) is 0 Å². The molecular weight excluding hydrogens is 298 g/mol. The van der Waals surface area contributed by atoms with Crippen LogP contribution in [0, 0.1) is 10.1 Å². The van der Waals surface area contributed by atoms with E-state index in [1.807, 2.05) is 18.2 Å². The van der Waals surface area contributed by atoms with Crippen molar-refractivity contribution in [3.63, 3.8) is 0 Å². The number of ether oxygens (including phenoxy) is 1. The van der Waals surface area contributed by atoms with Crippen molar-refractivity contribution in [1.29, 1.82) is 0 Å². The van der Waals surface area contributed by atoms with E-state index in [1.54, 1.807) is 13.2 Å². The van der Waals surface area contributed by atoms with Gasteiger partial charge in [0, 0.05) is 26.2 Å². The molecule has 0 radical (unpaired) electrons. The van der Waals surface area contributed by atoms with Crippen molar-refractivity contribution >= 4 is 11.6 Å². The number of anilines is 1. The van der Waals surface area contributed by atoms with Crippen LogP contribution in [0.15, 0.2) is 40.8 Å². The molecule has 0 saturated carbocycles. The highest BCUT2D eigenvalue weighted by molar-refractivity contribution is 5.58. The molecule has 122 valence electrons. The number of furan rings is 1. The quantitative estimate of drug-likeness (QED) is 0.623. The van der Waals surface area contributed by atoms with Crippen molar-refractivity contribution in [2.24, 2.45) is 0 Å². The van der Waals surface area contributed by atoms with Gasteiger partial charge < -0.3 is 14.1 Å². The Kier molecular flexibility index (Phi) is 4.47. The minimum atomic E-state index is -0.511. The molecule has 0 unspecified atom stereocenters. The predicted octanol–water partition coefficient (Wildman–Crippen LogP) is 2.52. The lowest BCUT2D eigenvalue weighted by Gasteiger charge is -2.36. The van der Waals surface area contributed by atoms with Gasteiger partial charge in [-0.1, -0.05) is 12.1 Å². The summed E-state index contributed by atoms with van der Waals surface area (Å²) in [7, 11) is 1.68. The number of hydrogen-bond donors (Lipinski definition) is 0. The Balaban J connectivity index is 1.58. The molecule has 1 aromatic carbocycles. The lowest BCUT2D eigenvalue weighted by atomic mass is 10.2. The van der Waals surface area contributed by atoms with Crippen LogP contribution in [0.5, 0.6) is 5.75 Å². The highest BCUT2D eigenvalue weighted by atomic mass is 16.6. The van der Waals surface area contributed by atoms with Crippen molar-refractivity contribution in [3.8, 4) is 5.75 Å². The van der Waals surface area contributed by atoms with E-state index in [9.17, 15) is 10.1 Å². The third-order valence-corrected chi connectivity index (χ3v) is 4.01. The van der Waals surface area contributed by atoms with Gasteiger partial charge in [0.05, 0.1) is 25.4 Å². The molecule has 2 heterocycles. The van der Waals surface area contributed by atoms with Crippen LogP contribution in [0.2, 0.25) is 0 Å². The summed E-state index contributed by atoms with van der Waals surface area (Å²) in [5.74, 6) is 1.30. The Morgan fingerprint density at radius 2 is 1.91 bits per heavy atom.